The van der Waals surface area contributed by atoms with Gasteiger partial charge in [-0.3, -0.25) is 4.90 Å². The van der Waals surface area contributed by atoms with E-state index in [-0.39, 0.29) is 5.54 Å². The Morgan fingerprint density at radius 2 is 1.92 bits per heavy atom. The quantitative estimate of drug-likeness (QED) is 0.728. The number of benzene rings is 1. The molecule has 26 heavy (non-hydrogen) atoms. The Bertz CT molecular complexity index is 634. The van der Waals surface area contributed by atoms with Gasteiger partial charge in [-0.15, -0.1) is 0 Å². The SMILES string of the molecule is C[C@H](CC(=N)Cc1ccccc1)C1(N(C)C2CCN(C(=O)O)CC2)CC1. The Kier molecular flexibility index (Phi) is 5.66. The Morgan fingerprint density at radius 1 is 1.31 bits per heavy atom. The molecule has 0 radical (unpaired) electrons. The number of nitrogens with zero attached hydrogens (tertiary/aromatic N) is 2. The zero-order chi connectivity index (χ0) is 18.7. The summed E-state index contributed by atoms with van der Waals surface area (Å²) in [5.74, 6) is 0.459. The molecule has 0 aromatic heterocycles. The van der Waals surface area contributed by atoms with Crippen LogP contribution in [-0.2, 0) is 6.42 Å². The maximum atomic E-state index is 11.1. The molecule has 1 saturated heterocycles. The summed E-state index contributed by atoms with van der Waals surface area (Å²) in [7, 11) is 2.21. The van der Waals surface area contributed by atoms with Gasteiger partial charge in [0, 0.05) is 36.8 Å². The van der Waals surface area contributed by atoms with E-state index < -0.39 is 6.09 Å². The van der Waals surface area contributed by atoms with Crippen LogP contribution >= 0.6 is 0 Å². The molecule has 1 atom stereocenters. The van der Waals surface area contributed by atoms with Gasteiger partial charge in [-0.1, -0.05) is 37.3 Å². The fraction of sp³-hybridized carbons (Fsp3) is 0.619. The summed E-state index contributed by atoms with van der Waals surface area (Å²) in [5, 5.41) is 17.6. The average Bonchev–Trinajstić information content (AvgIpc) is 3.44. The van der Waals surface area contributed by atoms with Gasteiger partial charge >= 0.3 is 6.09 Å². The van der Waals surface area contributed by atoms with Crippen molar-refractivity contribution in [3.8, 4) is 0 Å². The van der Waals surface area contributed by atoms with Crippen molar-refractivity contribution in [2.24, 2.45) is 5.92 Å². The van der Waals surface area contributed by atoms with Gasteiger partial charge in [-0.2, -0.15) is 0 Å². The normalized spacial score (nSPS) is 20.8. The number of carboxylic acid groups (broad SMARTS) is 1. The number of likely N-dealkylation sites (tertiary alicyclic amines) is 1. The van der Waals surface area contributed by atoms with Gasteiger partial charge in [0.2, 0.25) is 0 Å². The summed E-state index contributed by atoms with van der Waals surface area (Å²) >= 11 is 0. The molecule has 0 unspecified atom stereocenters. The molecule has 3 rings (SSSR count). The summed E-state index contributed by atoms with van der Waals surface area (Å²) in [6, 6.07) is 10.7. The Balaban J connectivity index is 1.54. The molecule has 2 fully saturated rings. The number of piperidine rings is 1. The van der Waals surface area contributed by atoms with E-state index in [0.717, 1.165) is 31.4 Å². The predicted molar refractivity (Wildman–Crippen MR) is 104 cm³/mol. The molecule has 2 N–H and O–H groups in total. The maximum absolute atomic E-state index is 11.1. The first-order chi connectivity index (χ1) is 12.4. The first-order valence-corrected chi connectivity index (χ1v) is 9.73. The predicted octanol–water partition coefficient (Wildman–Crippen LogP) is 3.88. The summed E-state index contributed by atoms with van der Waals surface area (Å²) in [6.07, 6.45) is 5.01. The molecule has 1 heterocycles. The minimum atomic E-state index is -0.796. The fourth-order valence-electron chi connectivity index (χ4n) is 4.60. The molecule has 1 aromatic carbocycles. The molecule has 142 valence electrons. The largest absolute Gasteiger partial charge is 0.465 e. The molecule has 1 aromatic rings. The lowest BCUT2D eigenvalue weighted by Gasteiger charge is -2.42. The van der Waals surface area contributed by atoms with E-state index in [1.807, 2.05) is 18.2 Å². The van der Waals surface area contributed by atoms with Gasteiger partial charge in [0.05, 0.1) is 0 Å². The van der Waals surface area contributed by atoms with E-state index in [2.05, 4.69) is 31.0 Å². The third kappa shape index (κ3) is 4.09. The minimum absolute atomic E-state index is 0.207. The molecule has 1 aliphatic heterocycles. The second-order valence-electron chi connectivity index (χ2n) is 8.09. The molecule has 5 nitrogen and oxygen atoms in total. The van der Waals surface area contributed by atoms with Crippen LogP contribution in [0.5, 0.6) is 0 Å². The standard InChI is InChI=1S/C21H31N3O2/c1-16(14-18(22)15-17-6-4-3-5-7-17)21(10-11-21)23(2)19-8-12-24(13-9-19)20(25)26/h3-7,16,19,22H,8-15H2,1-2H3,(H,25,26)/t16-/m1/s1. The van der Waals surface area contributed by atoms with Crippen molar-refractivity contribution < 1.29 is 9.90 Å². The van der Waals surface area contributed by atoms with Crippen LogP contribution in [0.1, 0.15) is 44.6 Å². The average molecular weight is 357 g/mol. The third-order valence-corrected chi connectivity index (χ3v) is 6.48. The number of amides is 1. The van der Waals surface area contributed by atoms with E-state index >= 15 is 0 Å². The second-order valence-corrected chi connectivity index (χ2v) is 8.09. The Labute approximate surface area is 156 Å². The lowest BCUT2D eigenvalue weighted by atomic mass is 9.88. The van der Waals surface area contributed by atoms with Crippen LogP contribution in [0.4, 0.5) is 4.79 Å². The van der Waals surface area contributed by atoms with Crippen LogP contribution in [0, 0.1) is 11.3 Å². The highest BCUT2D eigenvalue weighted by Crippen LogP contribution is 2.50. The maximum Gasteiger partial charge on any atom is 0.407 e. The molecule has 2 aliphatic rings. The van der Waals surface area contributed by atoms with Crippen molar-refractivity contribution in [1.82, 2.24) is 9.80 Å². The van der Waals surface area contributed by atoms with Crippen molar-refractivity contribution in [2.45, 2.75) is 57.0 Å². The molecule has 5 heteroatoms. The lowest BCUT2D eigenvalue weighted by molar-refractivity contribution is 0.0607. The van der Waals surface area contributed by atoms with Gasteiger partial charge in [-0.05, 0) is 50.6 Å². The molecular weight excluding hydrogens is 326 g/mol. The van der Waals surface area contributed by atoms with Gasteiger partial charge in [0.25, 0.3) is 0 Å². The van der Waals surface area contributed by atoms with Crippen LogP contribution in [0.3, 0.4) is 0 Å². The lowest BCUT2D eigenvalue weighted by Crippen LogP contribution is -2.51. The molecule has 1 aliphatic carbocycles. The van der Waals surface area contributed by atoms with Crippen molar-refractivity contribution in [1.29, 1.82) is 5.41 Å². The molecule has 1 saturated carbocycles. The van der Waals surface area contributed by atoms with E-state index in [1.165, 1.54) is 23.3 Å². The number of rotatable bonds is 7. The third-order valence-electron chi connectivity index (χ3n) is 6.48. The van der Waals surface area contributed by atoms with E-state index in [1.54, 1.807) is 0 Å². The van der Waals surface area contributed by atoms with Gasteiger partial charge in [0.15, 0.2) is 0 Å². The highest BCUT2D eigenvalue weighted by atomic mass is 16.4. The summed E-state index contributed by atoms with van der Waals surface area (Å²) < 4.78 is 0. The smallest absolute Gasteiger partial charge is 0.407 e. The van der Waals surface area contributed by atoms with Gasteiger partial charge in [-0.25, -0.2) is 4.79 Å². The van der Waals surface area contributed by atoms with E-state index in [4.69, 9.17) is 10.5 Å². The van der Waals surface area contributed by atoms with Crippen molar-refractivity contribution in [2.75, 3.05) is 20.1 Å². The first kappa shape index (κ1) is 18.9. The Hall–Kier alpha value is -1.88. The number of hydrogen-bond acceptors (Lipinski definition) is 3. The van der Waals surface area contributed by atoms with Crippen molar-refractivity contribution >= 4 is 11.8 Å². The minimum Gasteiger partial charge on any atom is -0.465 e. The molecule has 0 bridgehead atoms. The summed E-state index contributed by atoms with van der Waals surface area (Å²) in [4.78, 5) is 15.2. The van der Waals surface area contributed by atoms with Crippen LogP contribution in [-0.4, -0.2) is 58.4 Å². The molecule has 0 spiro atoms. The van der Waals surface area contributed by atoms with Crippen LogP contribution < -0.4 is 0 Å². The summed E-state index contributed by atoms with van der Waals surface area (Å²) in [6.45, 7) is 3.56. The van der Waals surface area contributed by atoms with Crippen molar-refractivity contribution in [3.63, 3.8) is 0 Å². The highest BCUT2D eigenvalue weighted by molar-refractivity contribution is 5.84. The number of carbonyl (C=O) groups is 1. The molecule has 1 amide bonds. The van der Waals surface area contributed by atoms with E-state index in [9.17, 15) is 4.79 Å². The Morgan fingerprint density at radius 3 is 2.46 bits per heavy atom. The monoisotopic (exact) mass is 357 g/mol. The van der Waals surface area contributed by atoms with Gasteiger partial charge < -0.3 is 15.4 Å². The highest BCUT2D eigenvalue weighted by Gasteiger charge is 2.52. The zero-order valence-electron chi connectivity index (χ0n) is 15.9. The topological polar surface area (TPSA) is 67.6 Å². The summed E-state index contributed by atoms with van der Waals surface area (Å²) in [5.41, 5.74) is 2.23. The van der Waals surface area contributed by atoms with Crippen LogP contribution in [0.25, 0.3) is 0 Å². The van der Waals surface area contributed by atoms with E-state index in [0.29, 0.717) is 25.0 Å². The fourth-order valence-corrected chi connectivity index (χ4v) is 4.60. The zero-order valence-corrected chi connectivity index (χ0v) is 15.9. The second kappa shape index (κ2) is 7.78. The number of hydrogen-bond donors (Lipinski definition) is 2. The molecular formula is C21H31N3O2. The van der Waals surface area contributed by atoms with Crippen molar-refractivity contribution in [3.05, 3.63) is 35.9 Å². The van der Waals surface area contributed by atoms with Gasteiger partial charge in [0.1, 0.15) is 0 Å². The van der Waals surface area contributed by atoms with Crippen LogP contribution in [0.2, 0.25) is 0 Å². The number of nitrogens with one attached hydrogen (secondary N) is 1. The van der Waals surface area contributed by atoms with Crippen LogP contribution in [0.15, 0.2) is 30.3 Å². The first-order valence-electron chi connectivity index (χ1n) is 9.73.